The van der Waals surface area contributed by atoms with Crippen LogP contribution in [-0.2, 0) is 42.3 Å². The smallest absolute Gasteiger partial charge is 0.262 e. The zero-order valence-electron chi connectivity index (χ0n) is 31.4. The summed E-state index contributed by atoms with van der Waals surface area (Å²) in [7, 11) is -2.99. The predicted molar refractivity (Wildman–Crippen MR) is 222 cm³/mol. The number of hydrogen-bond donors (Lipinski definition) is 2. The van der Waals surface area contributed by atoms with Gasteiger partial charge in [-0.05, 0) is 70.3 Å². The molecule has 6 rings (SSSR count). The number of sulfonamides is 1. The van der Waals surface area contributed by atoms with E-state index in [0.717, 1.165) is 32.1 Å². The van der Waals surface area contributed by atoms with E-state index in [9.17, 15) is 18.0 Å². The summed E-state index contributed by atoms with van der Waals surface area (Å²) >= 11 is 1.56. The molecule has 0 spiro atoms. The molecule has 0 aliphatic carbocycles. The first-order valence-electron chi connectivity index (χ1n) is 18.4. The Morgan fingerprint density at radius 1 is 0.737 bits per heavy atom. The Hall–Kier alpha value is -5.79. The maximum atomic E-state index is 14.8. The van der Waals surface area contributed by atoms with Gasteiger partial charge >= 0.3 is 0 Å². The number of carbonyl (C=O) groups excluding carboxylic acids is 2. The third-order valence-corrected chi connectivity index (χ3v) is 12.3. The van der Waals surface area contributed by atoms with Crippen molar-refractivity contribution in [2.75, 3.05) is 19.4 Å². The number of aromatic nitrogens is 1. The highest BCUT2D eigenvalue weighted by atomic mass is 32.2. The van der Waals surface area contributed by atoms with Gasteiger partial charge in [-0.1, -0.05) is 127 Å². The maximum absolute atomic E-state index is 14.8. The number of nitrogens with zero attached hydrogens (tertiary/aromatic N) is 2. The van der Waals surface area contributed by atoms with Crippen molar-refractivity contribution in [3.8, 4) is 5.75 Å². The number of methoxy groups -OCH3 is 1. The van der Waals surface area contributed by atoms with Crippen LogP contribution < -0.4 is 15.5 Å². The average molecular weight is 801 g/mol. The Morgan fingerprint density at radius 2 is 1.28 bits per heavy atom. The molecule has 0 fully saturated rings. The van der Waals surface area contributed by atoms with Crippen LogP contribution in [0.1, 0.15) is 34.2 Å². The highest BCUT2D eigenvalue weighted by molar-refractivity contribution is 7.98. The summed E-state index contributed by atoms with van der Waals surface area (Å²) in [6.45, 7) is -0.527. The van der Waals surface area contributed by atoms with E-state index in [1.165, 1.54) is 31.4 Å². The van der Waals surface area contributed by atoms with Gasteiger partial charge in [0, 0.05) is 24.7 Å². The summed E-state index contributed by atoms with van der Waals surface area (Å²) in [6, 6.07) is 46.4. The number of hydroxylamine groups is 1. The average Bonchev–Trinajstić information content (AvgIpc) is 3.27. The van der Waals surface area contributed by atoms with Crippen LogP contribution in [0, 0.1) is 0 Å². The molecule has 1 unspecified atom stereocenters. The number of ether oxygens (including phenoxy) is 1. The minimum Gasteiger partial charge on any atom is -0.497 e. The highest BCUT2D eigenvalue weighted by Gasteiger charge is 2.42. The monoisotopic (exact) mass is 800 g/mol. The van der Waals surface area contributed by atoms with Crippen LogP contribution in [0.2, 0.25) is 0 Å². The van der Waals surface area contributed by atoms with E-state index in [-0.39, 0.29) is 17.9 Å². The molecule has 0 saturated heterocycles. The Balaban J connectivity index is 1.38. The summed E-state index contributed by atoms with van der Waals surface area (Å²) < 4.78 is 35.6. The predicted octanol–water partition coefficient (Wildman–Crippen LogP) is 7.13. The van der Waals surface area contributed by atoms with Gasteiger partial charge in [-0.2, -0.15) is 16.1 Å². The Morgan fingerprint density at radius 3 is 1.81 bits per heavy atom. The molecule has 5 aromatic carbocycles. The number of benzene rings is 5. The minimum atomic E-state index is -4.47. The first kappa shape index (κ1) is 40.9. The van der Waals surface area contributed by atoms with Crippen LogP contribution in [0.4, 0.5) is 0 Å². The standard InChI is InChI=1S/C45H44N4O6S2/c1-54-40-24-26-41(27-25-40)57(52,53)49(33-43(50)47-32-36-17-14-29-46-31-36)42(28-30-56-34-35-15-6-2-7-16-35)44(51)48-55-45(37-18-8-3-9-19-37,38-20-10-4-11-21-38)39-22-12-5-13-23-39/h2-27,29,31,42H,28,30,32-34H2,1H3,(H,47,50)(H,48,51). The van der Waals surface area contributed by atoms with Crippen molar-refractivity contribution >= 4 is 33.6 Å². The fraction of sp³-hybridized carbons (Fsp3) is 0.178. The van der Waals surface area contributed by atoms with E-state index in [1.807, 2.05) is 121 Å². The topological polar surface area (TPSA) is 127 Å². The van der Waals surface area contributed by atoms with Crippen LogP contribution in [0.3, 0.4) is 0 Å². The Kier molecular flexibility index (Phi) is 14.2. The number of hydrogen-bond acceptors (Lipinski definition) is 8. The Bertz CT molecular complexity index is 2170. The van der Waals surface area contributed by atoms with Crippen molar-refractivity contribution in [1.82, 2.24) is 20.1 Å². The molecule has 10 nitrogen and oxygen atoms in total. The van der Waals surface area contributed by atoms with E-state index in [2.05, 4.69) is 15.8 Å². The van der Waals surface area contributed by atoms with Gasteiger partial charge in [-0.25, -0.2) is 13.9 Å². The van der Waals surface area contributed by atoms with Crippen LogP contribution in [-0.4, -0.2) is 55.0 Å². The van der Waals surface area contributed by atoms with Crippen LogP contribution in [0.25, 0.3) is 0 Å². The number of amides is 2. The highest BCUT2D eigenvalue weighted by Crippen LogP contribution is 2.40. The van der Waals surface area contributed by atoms with Gasteiger partial charge in [0.2, 0.25) is 15.9 Å². The van der Waals surface area contributed by atoms with Gasteiger partial charge in [0.05, 0.1) is 18.6 Å². The van der Waals surface area contributed by atoms with E-state index >= 15 is 0 Å². The third-order valence-electron chi connectivity index (χ3n) is 9.32. The van der Waals surface area contributed by atoms with E-state index < -0.39 is 40.0 Å². The molecular weight excluding hydrogens is 757 g/mol. The molecule has 1 aromatic heterocycles. The molecule has 0 radical (unpaired) electrons. The number of pyridine rings is 1. The zero-order chi connectivity index (χ0) is 39.9. The molecule has 2 amide bonds. The lowest BCUT2D eigenvalue weighted by Gasteiger charge is -2.36. The first-order valence-corrected chi connectivity index (χ1v) is 21.0. The van der Waals surface area contributed by atoms with Crippen molar-refractivity contribution in [3.63, 3.8) is 0 Å². The summed E-state index contributed by atoms with van der Waals surface area (Å²) in [4.78, 5) is 39.2. The molecular formula is C45H44N4O6S2. The van der Waals surface area contributed by atoms with Crippen molar-refractivity contribution in [2.24, 2.45) is 0 Å². The molecule has 0 aliphatic rings. The molecule has 57 heavy (non-hydrogen) atoms. The molecule has 1 atom stereocenters. The molecule has 0 saturated carbocycles. The number of rotatable bonds is 19. The Labute approximate surface area is 338 Å². The summed E-state index contributed by atoms with van der Waals surface area (Å²) in [5.41, 5.74) is 5.39. The van der Waals surface area contributed by atoms with Crippen LogP contribution in [0.15, 0.2) is 175 Å². The summed E-state index contributed by atoms with van der Waals surface area (Å²) in [5.74, 6) is 0.147. The molecule has 1 heterocycles. The van der Waals surface area contributed by atoms with Gasteiger partial charge in [-0.3, -0.25) is 19.4 Å². The lowest BCUT2D eigenvalue weighted by Crippen LogP contribution is -2.54. The van der Waals surface area contributed by atoms with Crippen molar-refractivity contribution < 1.29 is 27.6 Å². The second-order valence-electron chi connectivity index (χ2n) is 13.1. The largest absolute Gasteiger partial charge is 0.497 e. The second-order valence-corrected chi connectivity index (χ2v) is 16.0. The van der Waals surface area contributed by atoms with Gasteiger partial charge in [-0.15, -0.1) is 0 Å². The first-order chi connectivity index (χ1) is 27.8. The third kappa shape index (κ3) is 10.3. The minimum absolute atomic E-state index is 0.0625. The number of thioether (sulfide) groups is 1. The van der Waals surface area contributed by atoms with Crippen molar-refractivity contribution in [2.45, 2.75) is 35.3 Å². The van der Waals surface area contributed by atoms with E-state index in [0.29, 0.717) is 17.3 Å². The number of carbonyl (C=O) groups is 2. The lowest BCUT2D eigenvalue weighted by molar-refractivity contribution is -0.147. The summed E-state index contributed by atoms with van der Waals surface area (Å²) in [6.07, 6.45) is 3.30. The normalized spacial score (nSPS) is 12.1. The van der Waals surface area contributed by atoms with Crippen LogP contribution >= 0.6 is 11.8 Å². The zero-order valence-corrected chi connectivity index (χ0v) is 33.1. The summed E-state index contributed by atoms with van der Waals surface area (Å²) in [5, 5.41) is 2.80. The molecule has 0 aliphatic heterocycles. The molecule has 0 bridgehead atoms. The van der Waals surface area contributed by atoms with Gasteiger partial charge in [0.15, 0.2) is 5.60 Å². The SMILES string of the molecule is COc1ccc(S(=O)(=O)N(CC(=O)NCc2cccnc2)C(CCSCc2ccccc2)C(=O)NOC(c2ccccc2)(c2ccccc2)c2ccccc2)cc1. The van der Waals surface area contributed by atoms with Gasteiger partial charge in [0.25, 0.3) is 5.91 Å². The van der Waals surface area contributed by atoms with Crippen LogP contribution in [0.5, 0.6) is 5.75 Å². The quantitative estimate of drug-likeness (QED) is 0.0504. The molecule has 2 N–H and O–H groups in total. The molecule has 6 aromatic rings. The van der Waals surface area contributed by atoms with Gasteiger partial charge < -0.3 is 10.1 Å². The maximum Gasteiger partial charge on any atom is 0.262 e. The molecule has 12 heteroatoms. The lowest BCUT2D eigenvalue weighted by atomic mass is 9.80. The van der Waals surface area contributed by atoms with Crippen molar-refractivity contribution in [3.05, 3.63) is 198 Å². The fourth-order valence-corrected chi connectivity index (χ4v) is 8.94. The van der Waals surface area contributed by atoms with E-state index in [4.69, 9.17) is 9.57 Å². The van der Waals surface area contributed by atoms with E-state index in [1.54, 1.807) is 36.3 Å². The molecule has 292 valence electrons. The van der Waals surface area contributed by atoms with Gasteiger partial charge in [0.1, 0.15) is 11.8 Å². The van der Waals surface area contributed by atoms with Crippen molar-refractivity contribution in [1.29, 1.82) is 0 Å². The fourth-order valence-electron chi connectivity index (χ4n) is 6.40. The number of nitrogens with one attached hydrogen (secondary N) is 2. The second kappa shape index (κ2) is 19.9.